The number of benzene rings is 1. The van der Waals surface area contributed by atoms with Crippen molar-refractivity contribution >= 4 is 15.8 Å². The second kappa shape index (κ2) is 8.14. The summed E-state index contributed by atoms with van der Waals surface area (Å²) < 4.78 is 26.9. The Bertz CT molecular complexity index is 818. The van der Waals surface area contributed by atoms with Gasteiger partial charge < -0.3 is 4.90 Å². The summed E-state index contributed by atoms with van der Waals surface area (Å²) in [6.45, 7) is 3.08. The maximum Gasteiger partial charge on any atom is 0.214 e. The summed E-state index contributed by atoms with van der Waals surface area (Å²) >= 11 is 0. The molecule has 140 valence electrons. The average molecular weight is 375 g/mol. The van der Waals surface area contributed by atoms with Crippen molar-refractivity contribution in [3.8, 4) is 0 Å². The predicted octanol–water partition coefficient (Wildman–Crippen LogP) is 2.26. The number of anilines is 1. The van der Waals surface area contributed by atoms with E-state index in [0.29, 0.717) is 25.6 Å². The summed E-state index contributed by atoms with van der Waals surface area (Å²) in [6, 6.07) is 12.0. The molecular formula is C19H26N4O2S. The van der Waals surface area contributed by atoms with Crippen molar-refractivity contribution in [2.45, 2.75) is 32.2 Å². The zero-order valence-corrected chi connectivity index (χ0v) is 16.2. The van der Waals surface area contributed by atoms with E-state index in [1.165, 1.54) is 0 Å². The van der Waals surface area contributed by atoms with Crippen LogP contribution < -0.4 is 4.90 Å². The Kier molecular flexibility index (Phi) is 5.88. The van der Waals surface area contributed by atoms with Crippen LogP contribution in [0.25, 0.3) is 0 Å². The Hall–Kier alpha value is -1.99. The van der Waals surface area contributed by atoms with Gasteiger partial charge in [-0.1, -0.05) is 30.3 Å². The standard InChI is InChI=1S/C19H26N4O2S/c1-16-14-19(21-15-20-16)22(2)18-8-11-23(12-9-18)26(24,25)13-10-17-6-4-3-5-7-17/h3-7,14-15,18H,8-13H2,1-2H3. The molecule has 0 bridgehead atoms. The molecule has 2 heterocycles. The van der Waals surface area contributed by atoms with Gasteiger partial charge in [-0.15, -0.1) is 0 Å². The highest BCUT2D eigenvalue weighted by molar-refractivity contribution is 7.89. The Labute approximate surface area is 155 Å². The predicted molar refractivity (Wildman–Crippen MR) is 104 cm³/mol. The van der Waals surface area contributed by atoms with Crippen molar-refractivity contribution in [1.82, 2.24) is 14.3 Å². The quantitative estimate of drug-likeness (QED) is 0.776. The van der Waals surface area contributed by atoms with Crippen LogP contribution in [-0.2, 0) is 16.4 Å². The number of aromatic nitrogens is 2. The van der Waals surface area contributed by atoms with Crippen LogP contribution >= 0.6 is 0 Å². The largest absolute Gasteiger partial charge is 0.356 e. The molecule has 0 atom stereocenters. The number of rotatable bonds is 6. The Morgan fingerprint density at radius 2 is 1.85 bits per heavy atom. The molecule has 1 aromatic heterocycles. The van der Waals surface area contributed by atoms with Gasteiger partial charge in [0.2, 0.25) is 10.0 Å². The van der Waals surface area contributed by atoms with Gasteiger partial charge in [0.1, 0.15) is 12.1 Å². The lowest BCUT2D eigenvalue weighted by atomic mass is 10.1. The van der Waals surface area contributed by atoms with Crippen LogP contribution in [0, 0.1) is 6.92 Å². The van der Waals surface area contributed by atoms with Gasteiger partial charge in [0.25, 0.3) is 0 Å². The Morgan fingerprint density at radius 1 is 1.15 bits per heavy atom. The smallest absolute Gasteiger partial charge is 0.214 e. The van der Waals surface area contributed by atoms with Gasteiger partial charge in [0.15, 0.2) is 0 Å². The fourth-order valence-electron chi connectivity index (χ4n) is 3.35. The average Bonchev–Trinajstić information content (AvgIpc) is 2.67. The highest BCUT2D eigenvalue weighted by Gasteiger charge is 2.29. The fraction of sp³-hybridized carbons (Fsp3) is 0.474. The van der Waals surface area contributed by atoms with Gasteiger partial charge in [-0.2, -0.15) is 0 Å². The highest BCUT2D eigenvalue weighted by Crippen LogP contribution is 2.22. The molecule has 0 N–H and O–H groups in total. The molecule has 0 aliphatic carbocycles. The zero-order chi connectivity index (χ0) is 18.6. The van der Waals surface area contributed by atoms with E-state index < -0.39 is 10.0 Å². The van der Waals surface area contributed by atoms with Gasteiger partial charge in [0, 0.05) is 37.9 Å². The minimum Gasteiger partial charge on any atom is -0.356 e. The molecule has 0 saturated carbocycles. The third-order valence-corrected chi connectivity index (χ3v) is 6.88. The van der Waals surface area contributed by atoms with E-state index in [-0.39, 0.29) is 5.75 Å². The van der Waals surface area contributed by atoms with Crippen LogP contribution in [0.2, 0.25) is 0 Å². The summed E-state index contributed by atoms with van der Waals surface area (Å²) in [4.78, 5) is 10.6. The third-order valence-electron chi connectivity index (χ3n) is 5.01. The van der Waals surface area contributed by atoms with Gasteiger partial charge in [-0.3, -0.25) is 0 Å². The van der Waals surface area contributed by atoms with Gasteiger partial charge in [-0.25, -0.2) is 22.7 Å². The molecule has 7 heteroatoms. The normalized spacial score (nSPS) is 16.5. The van der Waals surface area contributed by atoms with Crippen molar-refractivity contribution in [2.75, 3.05) is 30.8 Å². The topological polar surface area (TPSA) is 66.4 Å². The Balaban J connectivity index is 1.55. The van der Waals surface area contributed by atoms with Gasteiger partial charge in [0.05, 0.1) is 5.75 Å². The van der Waals surface area contributed by atoms with Crippen LogP contribution in [-0.4, -0.2) is 54.6 Å². The second-order valence-electron chi connectivity index (χ2n) is 6.81. The molecule has 1 aliphatic rings. The lowest BCUT2D eigenvalue weighted by molar-refractivity contribution is 0.314. The first-order valence-corrected chi connectivity index (χ1v) is 10.6. The van der Waals surface area contributed by atoms with Crippen molar-refractivity contribution in [1.29, 1.82) is 0 Å². The number of hydrogen-bond acceptors (Lipinski definition) is 5. The van der Waals surface area contributed by atoms with E-state index in [9.17, 15) is 8.42 Å². The van der Waals surface area contributed by atoms with Crippen LogP contribution in [0.1, 0.15) is 24.1 Å². The molecule has 0 unspecified atom stereocenters. The molecular weight excluding hydrogens is 348 g/mol. The number of aryl methyl sites for hydroxylation is 2. The van der Waals surface area contributed by atoms with Crippen molar-refractivity contribution in [3.63, 3.8) is 0 Å². The molecule has 2 aromatic rings. The first-order valence-electron chi connectivity index (χ1n) is 8.99. The molecule has 1 aliphatic heterocycles. The van der Waals surface area contributed by atoms with Crippen LogP contribution in [0.4, 0.5) is 5.82 Å². The summed E-state index contributed by atoms with van der Waals surface area (Å²) in [5.74, 6) is 1.06. The molecule has 6 nitrogen and oxygen atoms in total. The summed E-state index contributed by atoms with van der Waals surface area (Å²) in [7, 11) is -1.19. The van der Waals surface area contributed by atoms with Gasteiger partial charge in [-0.05, 0) is 31.7 Å². The second-order valence-corrected chi connectivity index (χ2v) is 8.90. The monoisotopic (exact) mass is 374 g/mol. The van der Waals surface area contributed by atoms with E-state index in [0.717, 1.165) is 29.9 Å². The lowest BCUT2D eigenvalue weighted by Crippen LogP contribution is -2.46. The molecule has 1 saturated heterocycles. The first kappa shape index (κ1) is 18.8. The number of nitrogens with zero attached hydrogens (tertiary/aromatic N) is 4. The molecule has 26 heavy (non-hydrogen) atoms. The fourth-order valence-corrected chi connectivity index (χ4v) is 4.87. The summed E-state index contributed by atoms with van der Waals surface area (Å²) in [6.07, 6.45) is 3.75. The lowest BCUT2D eigenvalue weighted by Gasteiger charge is -2.36. The number of hydrogen-bond donors (Lipinski definition) is 0. The van der Waals surface area contributed by atoms with Crippen LogP contribution in [0.5, 0.6) is 0 Å². The van der Waals surface area contributed by atoms with E-state index in [2.05, 4.69) is 14.9 Å². The Morgan fingerprint density at radius 3 is 2.50 bits per heavy atom. The van der Waals surface area contributed by atoms with Crippen molar-refractivity contribution in [2.24, 2.45) is 0 Å². The number of sulfonamides is 1. The van der Waals surface area contributed by atoms with Crippen LogP contribution in [0.3, 0.4) is 0 Å². The molecule has 0 spiro atoms. The van der Waals surface area contributed by atoms with E-state index in [1.807, 2.05) is 50.4 Å². The summed E-state index contributed by atoms with van der Waals surface area (Å²) in [5, 5.41) is 0. The molecule has 1 aromatic carbocycles. The van der Waals surface area contributed by atoms with Crippen molar-refractivity contribution < 1.29 is 8.42 Å². The SMILES string of the molecule is Cc1cc(N(C)C2CCN(S(=O)(=O)CCc3ccccc3)CC2)ncn1. The number of piperidine rings is 1. The maximum absolute atomic E-state index is 12.6. The zero-order valence-electron chi connectivity index (χ0n) is 15.4. The molecule has 0 amide bonds. The molecule has 3 rings (SSSR count). The maximum atomic E-state index is 12.6. The minimum absolute atomic E-state index is 0.169. The van der Waals surface area contributed by atoms with E-state index in [1.54, 1.807) is 10.6 Å². The van der Waals surface area contributed by atoms with Crippen molar-refractivity contribution in [3.05, 3.63) is 54.0 Å². The van der Waals surface area contributed by atoms with Gasteiger partial charge >= 0.3 is 0 Å². The minimum atomic E-state index is -3.21. The summed E-state index contributed by atoms with van der Waals surface area (Å²) in [5.41, 5.74) is 1.99. The van der Waals surface area contributed by atoms with Crippen LogP contribution in [0.15, 0.2) is 42.7 Å². The highest BCUT2D eigenvalue weighted by atomic mass is 32.2. The first-order chi connectivity index (χ1) is 12.5. The van der Waals surface area contributed by atoms with E-state index in [4.69, 9.17) is 0 Å². The third kappa shape index (κ3) is 4.59. The molecule has 0 radical (unpaired) electrons. The molecule has 1 fully saturated rings. The van der Waals surface area contributed by atoms with E-state index >= 15 is 0 Å².